The fourth-order valence-corrected chi connectivity index (χ4v) is 4.72. The van der Waals surface area contributed by atoms with Gasteiger partial charge in [0.05, 0.1) is 11.4 Å². The van der Waals surface area contributed by atoms with Crippen molar-refractivity contribution < 1.29 is 14.0 Å². The van der Waals surface area contributed by atoms with Crippen LogP contribution in [0.3, 0.4) is 0 Å². The second-order valence-electron chi connectivity index (χ2n) is 9.61. The molecule has 2 heterocycles. The molecule has 0 saturated heterocycles. The normalized spacial score (nSPS) is 15.5. The molecule has 0 bridgehead atoms. The Labute approximate surface area is 212 Å². The first-order valence-electron chi connectivity index (χ1n) is 12.4. The zero-order valence-electron chi connectivity index (χ0n) is 21.4. The van der Waals surface area contributed by atoms with Gasteiger partial charge in [0.2, 0.25) is 5.91 Å². The summed E-state index contributed by atoms with van der Waals surface area (Å²) in [5, 5.41) is 4.33. The third-order valence-electron chi connectivity index (χ3n) is 6.79. The van der Waals surface area contributed by atoms with E-state index >= 15 is 0 Å². The largest absolute Gasteiger partial charge is 0.333 e. The molecule has 0 saturated carbocycles. The van der Waals surface area contributed by atoms with Crippen LogP contribution >= 0.6 is 0 Å². The average molecular weight is 492 g/mol. The Morgan fingerprint density at radius 3 is 2.50 bits per heavy atom. The van der Waals surface area contributed by atoms with E-state index in [2.05, 4.69) is 23.8 Å². The van der Waals surface area contributed by atoms with E-state index in [4.69, 9.17) is 0 Å². The van der Waals surface area contributed by atoms with Crippen LogP contribution in [0.15, 0.2) is 54.9 Å². The molecule has 0 radical (unpaired) electrons. The SMILES string of the molecule is CC(=O)N1CCCN(C(C)C)CCN(C(=O)c2ccc(C)c(-n3cccn3)c2)Cc2ccc(F)cc21. The van der Waals surface area contributed by atoms with Crippen molar-refractivity contribution >= 4 is 17.5 Å². The Hall–Kier alpha value is -3.52. The highest BCUT2D eigenvalue weighted by Gasteiger charge is 2.24. The van der Waals surface area contributed by atoms with Gasteiger partial charge in [-0.1, -0.05) is 12.1 Å². The van der Waals surface area contributed by atoms with Gasteiger partial charge in [0.15, 0.2) is 0 Å². The minimum atomic E-state index is -0.404. The number of halogens is 1. The van der Waals surface area contributed by atoms with E-state index in [1.54, 1.807) is 26.7 Å². The first-order chi connectivity index (χ1) is 17.2. The fourth-order valence-electron chi connectivity index (χ4n) is 4.72. The summed E-state index contributed by atoms with van der Waals surface area (Å²) in [6.45, 7) is 10.5. The summed E-state index contributed by atoms with van der Waals surface area (Å²) >= 11 is 0. The number of nitrogens with zero attached hydrogens (tertiary/aromatic N) is 5. The molecule has 4 rings (SSSR count). The van der Waals surface area contributed by atoms with Crippen molar-refractivity contribution in [2.24, 2.45) is 0 Å². The molecule has 2 aromatic carbocycles. The molecule has 190 valence electrons. The number of benzene rings is 2. The Bertz CT molecular complexity index is 1220. The van der Waals surface area contributed by atoms with E-state index < -0.39 is 5.82 Å². The molecule has 8 heteroatoms. The molecule has 36 heavy (non-hydrogen) atoms. The molecule has 0 unspecified atom stereocenters. The zero-order valence-corrected chi connectivity index (χ0v) is 21.4. The maximum atomic E-state index is 14.3. The summed E-state index contributed by atoms with van der Waals surface area (Å²) in [6.07, 6.45) is 4.32. The molecule has 1 aliphatic heterocycles. The van der Waals surface area contributed by atoms with Crippen LogP contribution in [-0.4, -0.2) is 63.6 Å². The van der Waals surface area contributed by atoms with Crippen LogP contribution in [0.25, 0.3) is 5.69 Å². The van der Waals surface area contributed by atoms with Crippen molar-refractivity contribution in [1.29, 1.82) is 0 Å². The molecule has 7 nitrogen and oxygen atoms in total. The quantitative estimate of drug-likeness (QED) is 0.544. The monoisotopic (exact) mass is 491 g/mol. The lowest BCUT2D eigenvalue weighted by molar-refractivity contribution is -0.116. The van der Waals surface area contributed by atoms with Crippen molar-refractivity contribution in [2.45, 2.75) is 46.7 Å². The highest BCUT2D eigenvalue weighted by Crippen LogP contribution is 2.26. The van der Waals surface area contributed by atoms with E-state index in [0.29, 0.717) is 36.9 Å². The first-order valence-corrected chi connectivity index (χ1v) is 12.4. The molecule has 0 spiro atoms. The molecule has 0 fully saturated rings. The molecular weight excluding hydrogens is 457 g/mol. The Morgan fingerprint density at radius 2 is 1.81 bits per heavy atom. The maximum absolute atomic E-state index is 14.3. The van der Waals surface area contributed by atoms with Crippen LogP contribution in [0.1, 0.15) is 48.7 Å². The Morgan fingerprint density at radius 1 is 1.00 bits per heavy atom. The molecule has 1 aromatic heterocycles. The van der Waals surface area contributed by atoms with Crippen LogP contribution in [0.4, 0.5) is 10.1 Å². The number of rotatable bonds is 3. The fraction of sp³-hybridized carbons (Fsp3) is 0.393. The third-order valence-corrected chi connectivity index (χ3v) is 6.79. The van der Waals surface area contributed by atoms with Gasteiger partial charge < -0.3 is 9.80 Å². The van der Waals surface area contributed by atoms with Gasteiger partial charge >= 0.3 is 0 Å². The number of carbonyl (C=O) groups excluding carboxylic acids is 2. The van der Waals surface area contributed by atoms with Crippen molar-refractivity contribution in [3.8, 4) is 5.69 Å². The van der Waals surface area contributed by atoms with Gasteiger partial charge in [-0.05, 0) is 68.7 Å². The molecule has 0 atom stereocenters. The number of aryl methyl sites for hydroxylation is 1. The van der Waals surface area contributed by atoms with Crippen LogP contribution in [0.5, 0.6) is 0 Å². The summed E-state index contributed by atoms with van der Waals surface area (Å²) in [4.78, 5) is 32.2. The van der Waals surface area contributed by atoms with Gasteiger partial charge in [0, 0.05) is 63.6 Å². The summed E-state index contributed by atoms with van der Waals surface area (Å²) in [7, 11) is 0. The number of aromatic nitrogens is 2. The maximum Gasteiger partial charge on any atom is 0.254 e. The van der Waals surface area contributed by atoms with Crippen molar-refractivity contribution in [3.05, 3.63) is 77.4 Å². The number of amides is 2. The number of fused-ring (bicyclic) bond motifs is 1. The van der Waals surface area contributed by atoms with E-state index in [0.717, 1.165) is 29.8 Å². The second kappa shape index (κ2) is 11.0. The van der Waals surface area contributed by atoms with Crippen LogP contribution in [-0.2, 0) is 11.3 Å². The topological polar surface area (TPSA) is 61.7 Å². The van der Waals surface area contributed by atoms with Crippen LogP contribution in [0.2, 0.25) is 0 Å². The van der Waals surface area contributed by atoms with Crippen molar-refractivity contribution in [3.63, 3.8) is 0 Å². The predicted molar refractivity (Wildman–Crippen MR) is 139 cm³/mol. The molecule has 1 aliphatic rings. The predicted octanol–water partition coefficient (Wildman–Crippen LogP) is 4.43. The standard InChI is InChI=1S/C28H34FN5O2/c1-20(2)31-12-6-13-33(22(4)35)27-18-25(29)10-9-24(27)19-32(16-15-31)28(36)23-8-7-21(3)26(17-23)34-14-5-11-30-34/h5,7-11,14,17-18,20H,6,12-13,15-16,19H2,1-4H3. The van der Waals surface area contributed by atoms with E-state index in [1.165, 1.54) is 19.1 Å². The van der Waals surface area contributed by atoms with E-state index in [1.807, 2.05) is 37.4 Å². The Kier molecular flexibility index (Phi) is 7.84. The minimum absolute atomic E-state index is 0.115. The number of hydrogen-bond acceptors (Lipinski definition) is 4. The lowest BCUT2D eigenvalue weighted by atomic mass is 10.1. The van der Waals surface area contributed by atoms with Gasteiger partial charge in [-0.15, -0.1) is 0 Å². The molecule has 2 amide bonds. The van der Waals surface area contributed by atoms with Gasteiger partial charge in [0.25, 0.3) is 5.91 Å². The van der Waals surface area contributed by atoms with Gasteiger partial charge in [-0.25, -0.2) is 9.07 Å². The molecule has 0 N–H and O–H groups in total. The van der Waals surface area contributed by atoms with Gasteiger partial charge in [-0.2, -0.15) is 5.10 Å². The third kappa shape index (κ3) is 5.65. The zero-order chi connectivity index (χ0) is 25.8. The molecule has 3 aromatic rings. The van der Waals surface area contributed by atoms with Crippen molar-refractivity contribution in [2.75, 3.05) is 31.1 Å². The lowest BCUT2D eigenvalue weighted by Crippen LogP contribution is -2.41. The van der Waals surface area contributed by atoms with Gasteiger partial charge in [-0.3, -0.25) is 14.5 Å². The summed E-state index contributed by atoms with van der Waals surface area (Å²) in [5.41, 5.74) is 3.69. The summed E-state index contributed by atoms with van der Waals surface area (Å²) in [5.74, 6) is -0.660. The lowest BCUT2D eigenvalue weighted by Gasteiger charge is -2.30. The number of carbonyl (C=O) groups is 2. The summed E-state index contributed by atoms with van der Waals surface area (Å²) < 4.78 is 16.1. The second-order valence-corrected chi connectivity index (χ2v) is 9.61. The van der Waals surface area contributed by atoms with Crippen LogP contribution < -0.4 is 4.90 Å². The summed E-state index contributed by atoms with van der Waals surface area (Å²) in [6, 6.07) is 12.2. The minimum Gasteiger partial charge on any atom is -0.333 e. The highest BCUT2D eigenvalue weighted by atomic mass is 19.1. The molecule has 0 aliphatic carbocycles. The van der Waals surface area contributed by atoms with E-state index in [9.17, 15) is 14.0 Å². The van der Waals surface area contributed by atoms with Crippen LogP contribution in [0, 0.1) is 12.7 Å². The van der Waals surface area contributed by atoms with E-state index in [-0.39, 0.29) is 18.4 Å². The van der Waals surface area contributed by atoms with Crippen molar-refractivity contribution in [1.82, 2.24) is 19.6 Å². The number of hydrogen-bond donors (Lipinski definition) is 0. The number of anilines is 1. The molecular formula is C28H34FN5O2. The Balaban J connectivity index is 1.74. The highest BCUT2D eigenvalue weighted by molar-refractivity contribution is 5.95. The average Bonchev–Trinajstić information content (AvgIpc) is 3.36. The smallest absolute Gasteiger partial charge is 0.254 e. The van der Waals surface area contributed by atoms with Gasteiger partial charge in [0.1, 0.15) is 5.82 Å². The first kappa shape index (κ1) is 25.6.